The maximum absolute atomic E-state index is 12.6. The summed E-state index contributed by atoms with van der Waals surface area (Å²) in [5.41, 5.74) is 1.55. The first-order valence-corrected chi connectivity index (χ1v) is 7.87. The SMILES string of the molecule is CC(c1ccc(O)cc1)N(C)C(=O)c1cc(Cl)ccc1I. The lowest BCUT2D eigenvalue weighted by Gasteiger charge is -2.26. The van der Waals surface area contributed by atoms with Crippen LogP contribution in [0.5, 0.6) is 5.75 Å². The highest BCUT2D eigenvalue weighted by atomic mass is 127. The van der Waals surface area contributed by atoms with Gasteiger partial charge in [-0.25, -0.2) is 0 Å². The van der Waals surface area contributed by atoms with Gasteiger partial charge in [-0.15, -0.1) is 0 Å². The Balaban J connectivity index is 2.26. The highest BCUT2D eigenvalue weighted by Crippen LogP contribution is 2.25. The average Bonchev–Trinajstić information content (AvgIpc) is 2.48. The Bertz CT molecular complexity index is 658. The van der Waals surface area contributed by atoms with Crippen LogP contribution in [0.15, 0.2) is 42.5 Å². The van der Waals surface area contributed by atoms with Crippen LogP contribution in [0, 0.1) is 3.57 Å². The molecule has 21 heavy (non-hydrogen) atoms. The van der Waals surface area contributed by atoms with Crippen LogP contribution in [0.3, 0.4) is 0 Å². The number of hydrogen-bond acceptors (Lipinski definition) is 2. The van der Waals surface area contributed by atoms with E-state index in [1.165, 1.54) is 0 Å². The van der Waals surface area contributed by atoms with Gasteiger partial charge >= 0.3 is 0 Å². The molecule has 2 rings (SSSR count). The number of benzene rings is 2. The minimum atomic E-state index is -0.104. The lowest BCUT2D eigenvalue weighted by molar-refractivity contribution is 0.0741. The molecule has 3 nitrogen and oxygen atoms in total. The first-order chi connectivity index (χ1) is 9.90. The second-order valence-electron chi connectivity index (χ2n) is 4.81. The highest BCUT2D eigenvalue weighted by Gasteiger charge is 2.21. The number of carbonyl (C=O) groups is 1. The van der Waals surface area contributed by atoms with Crippen molar-refractivity contribution >= 4 is 40.1 Å². The standard InChI is InChI=1S/C16H15ClINO2/c1-10(11-3-6-13(20)7-4-11)19(2)16(21)14-9-12(17)5-8-15(14)18/h3-10,20H,1-2H3. The third-order valence-corrected chi connectivity index (χ3v) is 4.61. The van der Waals surface area contributed by atoms with Crippen LogP contribution in [-0.4, -0.2) is 23.0 Å². The molecule has 2 aromatic rings. The summed E-state index contributed by atoms with van der Waals surface area (Å²) in [6.45, 7) is 1.95. The van der Waals surface area contributed by atoms with Gasteiger partial charge in [0, 0.05) is 15.6 Å². The Morgan fingerprint density at radius 2 is 1.86 bits per heavy atom. The Hall–Kier alpha value is -1.27. The average molecular weight is 416 g/mol. The number of phenols is 1. The summed E-state index contributed by atoms with van der Waals surface area (Å²) in [5.74, 6) is 0.131. The molecule has 1 atom stereocenters. The number of rotatable bonds is 3. The predicted octanol–water partition coefficient (Wildman–Crippen LogP) is 4.48. The molecule has 0 aromatic heterocycles. The maximum Gasteiger partial charge on any atom is 0.255 e. The molecule has 0 saturated carbocycles. The van der Waals surface area contributed by atoms with E-state index in [1.807, 2.05) is 25.1 Å². The van der Waals surface area contributed by atoms with Crippen molar-refractivity contribution in [3.8, 4) is 5.75 Å². The van der Waals surface area contributed by atoms with Crippen LogP contribution in [0.2, 0.25) is 5.02 Å². The smallest absolute Gasteiger partial charge is 0.255 e. The molecule has 0 aliphatic rings. The van der Waals surface area contributed by atoms with E-state index in [-0.39, 0.29) is 17.7 Å². The molecule has 0 saturated heterocycles. The van der Waals surface area contributed by atoms with E-state index in [4.69, 9.17) is 11.6 Å². The number of halogens is 2. The van der Waals surface area contributed by atoms with Gasteiger partial charge in [-0.2, -0.15) is 0 Å². The zero-order chi connectivity index (χ0) is 15.6. The molecule has 0 fully saturated rings. The van der Waals surface area contributed by atoms with Gasteiger partial charge in [0.25, 0.3) is 5.91 Å². The molecule has 1 N–H and O–H groups in total. The van der Waals surface area contributed by atoms with E-state index in [0.717, 1.165) is 9.13 Å². The molecule has 0 heterocycles. The second kappa shape index (κ2) is 6.66. The molecular weight excluding hydrogens is 401 g/mol. The first-order valence-electron chi connectivity index (χ1n) is 6.41. The van der Waals surface area contributed by atoms with Crippen molar-refractivity contribution in [1.29, 1.82) is 0 Å². The molecular formula is C16H15ClINO2. The molecule has 0 aliphatic heterocycles. The molecule has 0 spiro atoms. The fraction of sp³-hybridized carbons (Fsp3) is 0.188. The lowest BCUT2D eigenvalue weighted by Crippen LogP contribution is -2.30. The Morgan fingerprint density at radius 1 is 1.24 bits per heavy atom. The minimum absolute atomic E-state index is 0.0810. The van der Waals surface area contributed by atoms with Crippen molar-refractivity contribution in [2.75, 3.05) is 7.05 Å². The van der Waals surface area contributed by atoms with Crippen LogP contribution in [0.1, 0.15) is 28.9 Å². The van der Waals surface area contributed by atoms with Crippen molar-refractivity contribution in [2.24, 2.45) is 0 Å². The van der Waals surface area contributed by atoms with Gasteiger partial charge in [-0.05, 0) is 65.4 Å². The van der Waals surface area contributed by atoms with Crippen LogP contribution in [0.25, 0.3) is 0 Å². The maximum atomic E-state index is 12.6. The van der Waals surface area contributed by atoms with Gasteiger partial charge in [-0.3, -0.25) is 4.79 Å². The van der Waals surface area contributed by atoms with Crippen LogP contribution in [0.4, 0.5) is 0 Å². The third-order valence-electron chi connectivity index (χ3n) is 3.44. The topological polar surface area (TPSA) is 40.5 Å². The number of nitrogens with zero attached hydrogens (tertiary/aromatic N) is 1. The summed E-state index contributed by atoms with van der Waals surface area (Å²) in [7, 11) is 1.76. The van der Waals surface area contributed by atoms with Crippen molar-refractivity contribution in [2.45, 2.75) is 13.0 Å². The van der Waals surface area contributed by atoms with Crippen LogP contribution >= 0.6 is 34.2 Å². The van der Waals surface area contributed by atoms with E-state index in [2.05, 4.69) is 22.6 Å². The largest absolute Gasteiger partial charge is 0.508 e. The third kappa shape index (κ3) is 3.68. The number of phenolic OH excluding ortho intramolecular Hbond substituents is 1. The quantitative estimate of drug-likeness (QED) is 0.751. The molecule has 0 aliphatic carbocycles. The zero-order valence-electron chi connectivity index (χ0n) is 11.7. The van der Waals surface area contributed by atoms with Crippen LogP contribution in [-0.2, 0) is 0 Å². The molecule has 1 unspecified atom stereocenters. The van der Waals surface area contributed by atoms with E-state index in [0.29, 0.717) is 10.6 Å². The van der Waals surface area contributed by atoms with Gasteiger partial charge in [0.2, 0.25) is 0 Å². The summed E-state index contributed by atoms with van der Waals surface area (Å²) < 4.78 is 0.867. The molecule has 110 valence electrons. The lowest BCUT2D eigenvalue weighted by atomic mass is 10.1. The van der Waals surface area contributed by atoms with Crippen molar-refractivity contribution < 1.29 is 9.90 Å². The molecule has 5 heteroatoms. The summed E-state index contributed by atoms with van der Waals surface area (Å²) in [4.78, 5) is 14.3. The normalized spacial score (nSPS) is 12.0. The van der Waals surface area contributed by atoms with Gasteiger partial charge in [-0.1, -0.05) is 23.7 Å². The fourth-order valence-corrected chi connectivity index (χ4v) is 2.74. The Labute approximate surface area is 142 Å². The van der Waals surface area contributed by atoms with Gasteiger partial charge in [0.1, 0.15) is 5.75 Å². The Morgan fingerprint density at radius 3 is 2.48 bits per heavy atom. The van der Waals surface area contributed by atoms with Crippen molar-refractivity contribution in [3.05, 3.63) is 62.2 Å². The number of amides is 1. The molecule has 1 amide bonds. The monoisotopic (exact) mass is 415 g/mol. The van der Waals surface area contributed by atoms with E-state index in [9.17, 15) is 9.90 Å². The summed E-state index contributed by atoms with van der Waals surface area (Å²) >= 11 is 8.11. The number of aromatic hydroxyl groups is 1. The minimum Gasteiger partial charge on any atom is -0.508 e. The number of hydrogen-bond donors (Lipinski definition) is 1. The summed E-state index contributed by atoms with van der Waals surface area (Å²) in [5, 5.41) is 9.88. The summed E-state index contributed by atoms with van der Waals surface area (Å²) in [6.07, 6.45) is 0. The predicted molar refractivity (Wildman–Crippen MR) is 92.8 cm³/mol. The second-order valence-corrected chi connectivity index (χ2v) is 6.41. The molecule has 0 radical (unpaired) electrons. The first kappa shape index (κ1) is 16.1. The Kier molecular flexibility index (Phi) is 5.11. The van der Waals surface area contributed by atoms with E-state index in [1.54, 1.807) is 36.2 Å². The van der Waals surface area contributed by atoms with Crippen molar-refractivity contribution in [1.82, 2.24) is 4.90 Å². The van der Waals surface area contributed by atoms with Gasteiger partial charge in [0.15, 0.2) is 0 Å². The number of carbonyl (C=O) groups excluding carboxylic acids is 1. The zero-order valence-corrected chi connectivity index (χ0v) is 14.6. The van der Waals surface area contributed by atoms with E-state index >= 15 is 0 Å². The fourth-order valence-electron chi connectivity index (χ4n) is 2.00. The van der Waals surface area contributed by atoms with Crippen molar-refractivity contribution in [3.63, 3.8) is 0 Å². The van der Waals surface area contributed by atoms with Gasteiger partial charge < -0.3 is 10.0 Å². The van der Waals surface area contributed by atoms with Crippen LogP contribution < -0.4 is 0 Å². The molecule has 2 aromatic carbocycles. The summed E-state index contributed by atoms with van der Waals surface area (Å²) in [6, 6.07) is 12.0. The van der Waals surface area contributed by atoms with Gasteiger partial charge in [0.05, 0.1) is 11.6 Å². The molecule has 0 bridgehead atoms. The van der Waals surface area contributed by atoms with E-state index < -0.39 is 0 Å². The highest BCUT2D eigenvalue weighted by molar-refractivity contribution is 14.1.